The van der Waals surface area contributed by atoms with Crippen molar-refractivity contribution in [2.75, 3.05) is 0 Å². The summed E-state index contributed by atoms with van der Waals surface area (Å²) < 4.78 is 0. The van der Waals surface area contributed by atoms with Crippen molar-refractivity contribution in [3.05, 3.63) is 185 Å². The summed E-state index contributed by atoms with van der Waals surface area (Å²) >= 11 is 0. The molecular formula is C45H32N6. The van der Waals surface area contributed by atoms with Gasteiger partial charge in [-0.05, 0) is 76.1 Å². The number of amidine groups is 2. The largest absolute Gasteiger partial charge is 0.329 e. The van der Waals surface area contributed by atoms with E-state index in [0.29, 0.717) is 17.5 Å². The quantitative estimate of drug-likeness (QED) is 0.205. The van der Waals surface area contributed by atoms with Gasteiger partial charge >= 0.3 is 0 Å². The number of fused-ring (bicyclic) bond motifs is 10. The molecule has 7 aromatic rings. The third-order valence-corrected chi connectivity index (χ3v) is 10.4. The average Bonchev–Trinajstić information content (AvgIpc) is 3.65. The third-order valence-electron chi connectivity index (χ3n) is 10.4. The Labute approximate surface area is 296 Å². The van der Waals surface area contributed by atoms with Gasteiger partial charge in [0, 0.05) is 16.7 Å². The van der Waals surface area contributed by atoms with Crippen LogP contribution in [-0.2, 0) is 5.41 Å². The van der Waals surface area contributed by atoms with Crippen molar-refractivity contribution in [2.45, 2.75) is 25.4 Å². The van der Waals surface area contributed by atoms with E-state index in [1.807, 2.05) is 62.4 Å². The Kier molecular flexibility index (Phi) is 6.49. The van der Waals surface area contributed by atoms with Crippen LogP contribution in [0.1, 0.15) is 52.3 Å². The first-order valence-electron chi connectivity index (χ1n) is 17.3. The molecule has 0 bridgehead atoms. The standard InChI is InChI=1S/C45H32N6/c1-27-46-41(29-13-5-3-6-14-29)50-43(48-27)31-21-23-35-36-24-22-32(44-49-28(2)47-42(51-44)30-15-7-4-8-16-30)26-40(36)45(39(35)25-31)37-19-11-9-17-33(37)34-18-10-12-20-38(34)45/h3-26,43H,1-2H3,(H,46,48,50). The molecular weight excluding hydrogens is 625 g/mol. The first kappa shape index (κ1) is 29.4. The second kappa shape index (κ2) is 11.3. The molecule has 0 amide bonds. The summed E-state index contributed by atoms with van der Waals surface area (Å²) in [5.41, 5.74) is 13.4. The molecule has 1 atom stereocenters. The molecule has 51 heavy (non-hydrogen) atoms. The summed E-state index contributed by atoms with van der Waals surface area (Å²) in [4.78, 5) is 24.7. The lowest BCUT2D eigenvalue weighted by molar-refractivity contribution is 0.742. The number of aliphatic imine (C=N–C) groups is 2. The maximum atomic E-state index is 5.14. The fraction of sp³-hybridized carbons (Fsp3) is 0.0889. The molecule has 1 spiro atoms. The molecule has 1 N–H and O–H groups in total. The maximum absolute atomic E-state index is 5.14. The van der Waals surface area contributed by atoms with Gasteiger partial charge in [-0.15, -0.1) is 0 Å². The molecule has 6 nitrogen and oxygen atoms in total. The normalized spacial score (nSPS) is 16.0. The van der Waals surface area contributed by atoms with Gasteiger partial charge in [0.1, 0.15) is 17.5 Å². The van der Waals surface area contributed by atoms with Gasteiger partial charge in [-0.3, -0.25) is 0 Å². The average molecular weight is 657 g/mol. The van der Waals surface area contributed by atoms with Crippen molar-refractivity contribution < 1.29 is 0 Å². The highest BCUT2D eigenvalue weighted by Crippen LogP contribution is 2.63. The summed E-state index contributed by atoms with van der Waals surface area (Å²) in [5.74, 6) is 3.70. The topological polar surface area (TPSA) is 75.4 Å². The highest BCUT2D eigenvalue weighted by atomic mass is 15.2. The van der Waals surface area contributed by atoms with Crippen molar-refractivity contribution in [2.24, 2.45) is 9.98 Å². The Morgan fingerprint density at radius 2 is 1.02 bits per heavy atom. The number of hydrogen-bond acceptors (Lipinski definition) is 6. The summed E-state index contributed by atoms with van der Waals surface area (Å²) in [7, 11) is 0. The minimum Gasteiger partial charge on any atom is -0.329 e. The van der Waals surface area contributed by atoms with Crippen molar-refractivity contribution in [3.8, 4) is 45.0 Å². The van der Waals surface area contributed by atoms with Crippen LogP contribution in [0.15, 0.2) is 156 Å². The van der Waals surface area contributed by atoms with Crippen LogP contribution in [-0.4, -0.2) is 26.6 Å². The zero-order valence-electron chi connectivity index (χ0n) is 28.2. The van der Waals surface area contributed by atoms with E-state index in [0.717, 1.165) is 33.9 Å². The second-order valence-electron chi connectivity index (χ2n) is 13.4. The van der Waals surface area contributed by atoms with Gasteiger partial charge in [-0.1, -0.05) is 133 Å². The maximum Gasteiger partial charge on any atom is 0.169 e. The smallest absolute Gasteiger partial charge is 0.169 e. The Morgan fingerprint density at radius 3 is 1.71 bits per heavy atom. The lowest BCUT2D eigenvalue weighted by Gasteiger charge is -2.31. The van der Waals surface area contributed by atoms with Gasteiger partial charge in [-0.2, -0.15) is 0 Å². The van der Waals surface area contributed by atoms with Crippen molar-refractivity contribution >= 4 is 11.7 Å². The van der Waals surface area contributed by atoms with Gasteiger partial charge in [0.25, 0.3) is 0 Å². The molecule has 0 saturated heterocycles. The molecule has 1 aromatic heterocycles. The van der Waals surface area contributed by atoms with Gasteiger partial charge in [0.15, 0.2) is 17.8 Å². The molecule has 2 aliphatic carbocycles. The molecule has 1 unspecified atom stereocenters. The Morgan fingerprint density at radius 1 is 0.471 bits per heavy atom. The van der Waals surface area contributed by atoms with Crippen molar-refractivity contribution in [1.29, 1.82) is 0 Å². The number of nitrogens with zero attached hydrogens (tertiary/aromatic N) is 5. The van der Waals surface area contributed by atoms with Crippen molar-refractivity contribution in [3.63, 3.8) is 0 Å². The number of rotatable bonds is 4. The summed E-state index contributed by atoms with van der Waals surface area (Å²) in [6.45, 7) is 3.94. The third kappa shape index (κ3) is 4.46. The van der Waals surface area contributed by atoms with Crippen LogP contribution in [0.5, 0.6) is 0 Å². The summed E-state index contributed by atoms with van der Waals surface area (Å²) in [6, 6.07) is 51.6. The second-order valence-corrected chi connectivity index (χ2v) is 13.4. The van der Waals surface area contributed by atoms with E-state index < -0.39 is 5.41 Å². The predicted octanol–water partition coefficient (Wildman–Crippen LogP) is 9.32. The fourth-order valence-electron chi connectivity index (χ4n) is 8.25. The van der Waals surface area contributed by atoms with Crippen LogP contribution in [0.25, 0.3) is 45.0 Å². The molecule has 242 valence electrons. The van der Waals surface area contributed by atoms with Crippen LogP contribution in [0.3, 0.4) is 0 Å². The lowest BCUT2D eigenvalue weighted by Crippen LogP contribution is -2.33. The van der Waals surface area contributed by atoms with E-state index in [2.05, 4.69) is 102 Å². The number of benzene rings is 6. The Bertz CT molecular complexity index is 2540. The predicted molar refractivity (Wildman–Crippen MR) is 204 cm³/mol. The first-order valence-corrected chi connectivity index (χ1v) is 17.3. The minimum absolute atomic E-state index is 0.375. The number of aryl methyl sites for hydroxylation is 1. The number of nitrogens with one attached hydrogen (secondary N) is 1. The molecule has 0 radical (unpaired) electrons. The van der Waals surface area contributed by atoms with Gasteiger partial charge in [0.05, 0.1) is 5.41 Å². The van der Waals surface area contributed by atoms with E-state index in [1.54, 1.807) is 0 Å². The minimum atomic E-state index is -0.550. The SMILES string of the molecule is CC1=NC(c2ccc3c(c2)C2(c4ccccc4-c4ccccc42)c2cc(-c4nc(C)nc(-c5ccccc5)n4)ccc2-3)N=C(c2ccccc2)N1. The number of aromatic nitrogens is 3. The van der Waals surface area contributed by atoms with E-state index >= 15 is 0 Å². The van der Waals surface area contributed by atoms with Crippen LogP contribution in [0.4, 0.5) is 0 Å². The van der Waals surface area contributed by atoms with Crippen LogP contribution < -0.4 is 5.32 Å². The highest BCUT2D eigenvalue weighted by molar-refractivity contribution is 6.10. The highest BCUT2D eigenvalue weighted by Gasteiger charge is 2.52. The monoisotopic (exact) mass is 656 g/mol. The Balaban J connectivity index is 1.20. The molecule has 1 aliphatic heterocycles. The number of hydrogen-bond donors (Lipinski definition) is 1. The Hall–Kier alpha value is -6.53. The van der Waals surface area contributed by atoms with Gasteiger partial charge in [-0.25, -0.2) is 24.9 Å². The zero-order valence-corrected chi connectivity index (χ0v) is 28.2. The van der Waals surface area contributed by atoms with Gasteiger partial charge in [0.2, 0.25) is 0 Å². The molecule has 3 aliphatic rings. The van der Waals surface area contributed by atoms with Crippen molar-refractivity contribution in [1.82, 2.24) is 20.3 Å². The summed E-state index contributed by atoms with van der Waals surface area (Å²) in [6.07, 6.45) is -0.375. The van der Waals surface area contributed by atoms with Crippen LogP contribution in [0, 0.1) is 6.92 Å². The van der Waals surface area contributed by atoms with E-state index in [9.17, 15) is 0 Å². The summed E-state index contributed by atoms with van der Waals surface area (Å²) in [5, 5.41) is 3.40. The fourth-order valence-corrected chi connectivity index (χ4v) is 8.25. The molecule has 2 heterocycles. The molecule has 0 saturated carbocycles. The van der Waals surface area contributed by atoms with E-state index in [4.69, 9.17) is 24.9 Å². The van der Waals surface area contributed by atoms with Gasteiger partial charge < -0.3 is 5.32 Å². The zero-order chi connectivity index (χ0) is 34.1. The molecule has 0 fully saturated rings. The molecule has 6 heteroatoms. The molecule has 6 aromatic carbocycles. The van der Waals surface area contributed by atoms with E-state index in [-0.39, 0.29) is 6.17 Å². The van der Waals surface area contributed by atoms with E-state index in [1.165, 1.54) is 44.5 Å². The van der Waals surface area contributed by atoms with Crippen LogP contribution in [0.2, 0.25) is 0 Å². The van der Waals surface area contributed by atoms with Crippen LogP contribution >= 0.6 is 0 Å². The first-order chi connectivity index (χ1) is 25.1. The molecule has 10 rings (SSSR count). The lowest BCUT2D eigenvalue weighted by atomic mass is 9.70.